The molecule has 33 heavy (non-hydrogen) atoms. The van der Waals surface area contributed by atoms with Gasteiger partial charge in [0.2, 0.25) is 0 Å². The number of amides is 3. The number of carbonyl (C=O) groups is 2. The van der Waals surface area contributed by atoms with Gasteiger partial charge in [-0.05, 0) is 56.8 Å². The molecule has 3 amide bonds. The number of urea groups is 1. The first kappa shape index (κ1) is 25.8. The normalized spacial score (nSPS) is 28.6. The van der Waals surface area contributed by atoms with Crippen LogP contribution in [0.1, 0.15) is 110 Å². The molecule has 1 atom stereocenters. The zero-order valence-corrected chi connectivity index (χ0v) is 21.0. The predicted octanol–water partition coefficient (Wildman–Crippen LogP) is 4.91. The van der Waals surface area contributed by atoms with Crippen LogP contribution in [0, 0.1) is 17.2 Å². The van der Waals surface area contributed by atoms with E-state index in [0.29, 0.717) is 24.3 Å². The Morgan fingerprint density at radius 3 is 2.39 bits per heavy atom. The van der Waals surface area contributed by atoms with Crippen molar-refractivity contribution in [1.82, 2.24) is 20.9 Å². The lowest BCUT2D eigenvalue weighted by Crippen LogP contribution is -2.49. The number of hydrogen-bond donors (Lipinski definition) is 4. The van der Waals surface area contributed by atoms with Crippen LogP contribution in [0.4, 0.5) is 4.79 Å². The molecule has 0 radical (unpaired) electrons. The topological polar surface area (TPSA) is 97.3 Å². The Balaban J connectivity index is 1.51. The summed E-state index contributed by atoms with van der Waals surface area (Å²) in [5.41, 5.74) is -0.565. The number of carbonyl (C=O) groups excluding carboxylic acids is 2. The van der Waals surface area contributed by atoms with Crippen molar-refractivity contribution in [3.05, 3.63) is 0 Å². The molecule has 1 unspecified atom stereocenters. The van der Waals surface area contributed by atoms with Crippen molar-refractivity contribution in [3.63, 3.8) is 0 Å². The maximum absolute atomic E-state index is 13.7. The van der Waals surface area contributed by atoms with Gasteiger partial charge in [0.05, 0.1) is 0 Å². The van der Waals surface area contributed by atoms with E-state index < -0.39 is 5.54 Å². The molecule has 2 aliphatic carbocycles. The fourth-order valence-corrected chi connectivity index (χ4v) is 6.02. The molecule has 0 aromatic rings. The van der Waals surface area contributed by atoms with E-state index >= 15 is 0 Å². The zero-order chi connectivity index (χ0) is 23.7. The van der Waals surface area contributed by atoms with Gasteiger partial charge in [-0.2, -0.15) is 0 Å². The highest BCUT2D eigenvalue weighted by Crippen LogP contribution is 2.37. The van der Waals surface area contributed by atoms with Crippen molar-refractivity contribution < 1.29 is 9.59 Å². The van der Waals surface area contributed by atoms with Crippen molar-refractivity contribution >= 4 is 17.9 Å². The largest absolute Gasteiger partial charge is 0.342 e. The van der Waals surface area contributed by atoms with Crippen LogP contribution in [0.3, 0.4) is 0 Å². The summed E-state index contributed by atoms with van der Waals surface area (Å²) in [4.78, 5) is 27.5. The van der Waals surface area contributed by atoms with Gasteiger partial charge in [-0.15, -0.1) is 0 Å². The molecule has 0 spiro atoms. The Kier molecular flexibility index (Phi) is 9.87. The van der Waals surface area contributed by atoms with E-state index in [2.05, 4.69) is 29.8 Å². The minimum absolute atomic E-state index is 0.0592. The van der Waals surface area contributed by atoms with Gasteiger partial charge < -0.3 is 16.0 Å². The molecule has 188 valence electrons. The van der Waals surface area contributed by atoms with Gasteiger partial charge >= 0.3 is 6.03 Å². The number of nitrogens with zero attached hydrogens (tertiary/aromatic N) is 1. The molecule has 0 bridgehead atoms. The van der Waals surface area contributed by atoms with Crippen LogP contribution in [-0.4, -0.2) is 47.5 Å². The van der Waals surface area contributed by atoms with E-state index in [-0.39, 0.29) is 18.0 Å². The Labute approximate surface area is 200 Å². The minimum atomic E-state index is -0.565. The van der Waals surface area contributed by atoms with Gasteiger partial charge in [0, 0.05) is 19.1 Å². The first-order valence-corrected chi connectivity index (χ1v) is 13.7. The van der Waals surface area contributed by atoms with Crippen molar-refractivity contribution in [1.29, 1.82) is 5.41 Å². The van der Waals surface area contributed by atoms with Crippen LogP contribution < -0.4 is 16.0 Å². The molecule has 1 saturated heterocycles. The maximum Gasteiger partial charge on any atom is 0.315 e. The summed E-state index contributed by atoms with van der Waals surface area (Å²) >= 11 is 0. The lowest BCUT2D eigenvalue weighted by molar-refractivity contribution is -0.132. The monoisotopic (exact) mass is 461 g/mol. The van der Waals surface area contributed by atoms with E-state index in [1.165, 1.54) is 32.1 Å². The third-order valence-electron chi connectivity index (χ3n) is 8.04. The number of hydrogen-bond acceptors (Lipinski definition) is 3. The summed E-state index contributed by atoms with van der Waals surface area (Å²) in [5.74, 6) is 1.45. The first-order valence-electron chi connectivity index (χ1n) is 13.7. The van der Waals surface area contributed by atoms with E-state index in [9.17, 15) is 9.59 Å². The smallest absolute Gasteiger partial charge is 0.315 e. The minimum Gasteiger partial charge on any atom is -0.342 e. The summed E-state index contributed by atoms with van der Waals surface area (Å²) in [6, 6.07) is 0.153. The SMILES string of the molecule is CCCCNC(=O)N[C@H]1CC[C@H](CN2C(=N)NC(CCCC)(CC3CCCCC3)C2=O)CC1. The van der Waals surface area contributed by atoms with E-state index in [0.717, 1.165) is 70.8 Å². The van der Waals surface area contributed by atoms with Crippen LogP contribution in [0.15, 0.2) is 0 Å². The molecule has 1 aliphatic heterocycles. The van der Waals surface area contributed by atoms with Crippen LogP contribution in [0.5, 0.6) is 0 Å². The Bertz CT molecular complexity index is 655. The highest BCUT2D eigenvalue weighted by molar-refractivity contribution is 6.07. The third kappa shape index (κ3) is 7.10. The summed E-state index contributed by atoms with van der Waals surface area (Å²) in [6.45, 7) is 5.65. The molecule has 3 aliphatic rings. The van der Waals surface area contributed by atoms with Crippen LogP contribution >= 0.6 is 0 Å². The lowest BCUT2D eigenvalue weighted by Gasteiger charge is -2.34. The average molecular weight is 462 g/mol. The zero-order valence-electron chi connectivity index (χ0n) is 21.0. The highest BCUT2D eigenvalue weighted by Gasteiger charge is 2.50. The second-order valence-corrected chi connectivity index (χ2v) is 10.8. The number of guanidine groups is 1. The molecule has 3 rings (SSSR count). The van der Waals surface area contributed by atoms with Gasteiger partial charge in [0.25, 0.3) is 5.91 Å². The fourth-order valence-electron chi connectivity index (χ4n) is 6.02. The number of unbranched alkanes of at least 4 members (excludes halogenated alkanes) is 2. The maximum atomic E-state index is 13.7. The molecule has 2 saturated carbocycles. The Morgan fingerprint density at radius 2 is 1.73 bits per heavy atom. The third-order valence-corrected chi connectivity index (χ3v) is 8.04. The van der Waals surface area contributed by atoms with Crippen LogP contribution in [0.25, 0.3) is 0 Å². The molecule has 4 N–H and O–H groups in total. The predicted molar refractivity (Wildman–Crippen MR) is 133 cm³/mol. The molecule has 7 heteroatoms. The molecule has 1 heterocycles. The quantitative estimate of drug-likeness (QED) is 0.329. The van der Waals surface area contributed by atoms with Crippen LogP contribution in [0.2, 0.25) is 0 Å². The summed E-state index contributed by atoms with van der Waals surface area (Å²) in [5, 5.41) is 18.0. The Hall–Kier alpha value is -1.79. The number of rotatable bonds is 11. The summed E-state index contributed by atoms with van der Waals surface area (Å²) in [7, 11) is 0. The molecule has 0 aromatic heterocycles. The standard InChI is InChI=1S/C26H47N5O2/c1-3-5-16-26(18-20-10-8-7-9-11-20)23(32)31(24(27)30-26)19-21-12-14-22(15-13-21)29-25(33)28-17-6-4-2/h20-22H,3-19H2,1-2H3,(H2,27,30)(H2,28,29,33)/t21-,22-,26?. The molecular weight excluding hydrogens is 414 g/mol. The molecule has 3 fully saturated rings. The van der Waals surface area contributed by atoms with E-state index in [1.807, 2.05) is 0 Å². The van der Waals surface area contributed by atoms with Gasteiger partial charge in [0.15, 0.2) is 5.96 Å². The highest BCUT2D eigenvalue weighted by atomic mass is 16.2. The van der Waals surface area contributed by atoms with Gasteiger partial charge in [-0.25, -0.2) is 4.79 Å². The van der Waals surface area contributed by atoms with E-state index in [4.69, 9.17) is 5.41 Å². The second-order valence-electron chi connectivity index (χ2n) is 10.8. The average Bonchev–Trinajstić information content (AvgIpc) is 3.04. The fraction of sp³-hybridized carbons (Fsp3) is 0.885. The van der Waals surface area contributed by atoms with Crippen molar-refractivity contribution in [2.45, 2.75) is 122 Å². The second kappa shape index (κ2) is 12.6. The van der Waals surface area contributed by atoms with Gasteiger partial charge in [-0.1, -0.05) is 65.2 Å². The van der Waals surface area contributed by atoms with Crippen molar-refractivity contribution in [2.24, 2.45) is 11.8 Å². The number of nitrogens with one attached hydrogen (secondary N) is 4. The van der Waals surface area contributed by atoms with E-state index in [1.54, 1.807) is 4.90 Å². The van der Waals surface area contributed by atoms with Gasteiger partial charge in [0.1, 0.15) is 5.54 Å². The summed E-state index contributed by atoms with van der Waals surface area (Å²) < 4.78 is 0. The lowest BCUT2D eigenvalue weighted by atomic mass is 9.77. The first-order chi connectivity index (χ1) is 16.0. The summed E-state index contributed by atoms with van der Waals surface area (Å²) in [6.07, 6.45) is 16.1. The van der Waals surface area contributed by atoms with Crippen LogP contribution in [-0.2, 0) is 4.79 Å². The molecule has 0 aromatic carbocycles. The molecular formula is C26H47N5O2. The molecule has 7 nitrogen and oxygen atoms in total. The van der Waals surface area contributed by atoms with Gasteiger partial charge in [-0.3, -0.25) is 15.1 Å². The van der Waals surface area contributed by atoms with Crippen molar-refractivity contribution in [2.75, 3.05) is 13.1 Å². The Morgan fingerprint density at radius 1 is 1.03 bits per heavy atom. The van der Waals surface area contributed by atoms with Crippen molar-refractivity contribution in [3.8, 4) is 0 Å².